The van der Waals surface area contributed by atoms with Crippen LogP contribution in [-0.2, 0) is 13.5 Å². The first kappa shape index (κ1) is 15.1. The summed E-state index contributed by atoms with van der Waals surface area (Å²) < 4.78 is 1.80. The summed E-state index contributed by atoms with van der Waals surface area (Å²) in [4.78, 5) is 4.24. The fourth-order valence-corrected chi connectivity index (χ4v) is 2.55. The van der Waals surface area contributed by atoms with Gasteiger partial charge in [-0.3, -0.25) is 16.0 Å². The molecule has 1 aromatic rings. The van der Waals surface area contributed by atoms with Crippen molar-refractivity contribution in [1.82, 2.24) is 20.2 Å². The van der Waals surface area contributed by atoms with Gasteiger partial charge in [-0.15, -0.1) is 0 Å². The molecule has 3 N–H and O–H groups in total. The van der Waals surface area contributed by atoms with E-state index < -0.39 is 0 Å². The van der Waals surface area contributed by atoms with Crippen LogP contribution in [0.1, 0.15) is 46.4 Å². The summed E-state index contributed by atoms with van der Waals surface area (Å²) in [5, 5.41) is 4.08. The second-order valence-electron chi connectivity index (χ2n) is 6.47. The fraction of sp³-hybridized carbons (Fsp3) is 0.846. The highest BCUT2D eigenvalue weighted by molar-refractivity contribution is 4.89. The third kappa shape index (κ3) is 5.14. The van der Waals surface area contributed by atoms with Gasteiger partial charge in [-0.1, -0.05) is 27.7 Å². The number of hydrogen-bond acceptors (Lipinski definition) is 4. The van der Waals surface area contributed by atoms with Gasteiger partial charge >= 0.3 is 0 Å². The van der Waals surface area contributed by atoms with Crippen LogP contribution in [-0.4, -0.2) is 20.8 Å². The lowest BCUT2D eigenvalue weighted by Gasteiger charge is -2.26. The van der Waals surface area contributed by atoms with Crippen molar-refractivity contribution >= 4 is 0 Å². The van der Waals surface area contributed by atoms with E-state index in [0.717, 1.165) is 18.7 Å². The second-order valence-corrected chi connectivity index (χ2v) is 6.47. The van der Waals surface area contributed by atoms with Crippen molar-refractivity contribution in [3.63, 3.8) is 0 Å². The van der Waals surface area contributed by atoms with E-state index in [2.05, 4.69) is 43.2 Å². The summed E-state index contributed by atoms with van der Waals surface area (Å²) in [6.07, 6.45) is 4.66. The first-order valence-corrected chi connectivity index (χ1v) is 6.61. The molecule has 0 fully saturated rings. The van der Waals surface area contributed by atoms with Gasteiger partial charge in [0.05, 0.1) is 0 Å². The zero-order valence-corrected chi connectivity index (χ0v) is 12.3. The Labute approximate surface area is 110 Å². The first-order valence-electron chi connectivity index (χ1n) is 6.61. The molecule has 5 nitrogen and oxygen atoms in total. The van der Waals surface area contributed by atoms with Crippen molar-refractivity contribution in [2.45, 2.75) is 53.0 Å². The molecule has 0 spiro atoms. The van der Waals surface area contributed by atoms with Crippen LogP contribution in [0.4, 0.5) is 0 Å². The Morgan fingerprint density at radius 2 is 2.11 bits per heavy atom. The molecule has 0 aromatic carbocycles. The third-order valence-corrected chi connectivity index (χ3v) is 3.12. The van der Waals surface area contributed by atoms with E-state index >= 15 is 0 Å². The highest BCUT2D eigenvalue weighted by Crippen LogP contribution is 2.26. The summed E-state index contributed by atoms with van der Waals surface area (Å²) in [6, 6.07) is 0.255. The Morgan fingerprint density at radius 3 is 2.56 bits per heavy atom. The van der Waals surface area contributed by atoms with E-state index in [1.54, 1.807) is 11.0 Å². The summed E-state index contributed by atoms with van der Waals surface area (Å²) in [7, 11) is 1.91. The van der Waals surface area contributed by atoms with Gasteiger partial charge in [0, 0.05) is 19.5 Å². The lowest BCUT2D eigenvalue weighted by Crippen LogP contribution is -2.39. The second kappa shape index (κ2) is 6.29. The van der Waals surface area contributed by atoms with Crippen LogP contribution in [0.3, 0.4) is 0 Å². The third-order valence-electron chi connectivity index (χ3n) is 3.12. The molecule has 0 saturated heterocycles. The predicted octanol–water partition coefficient (Wildman–Crippen LogP) is 1.65. The maximum Gasteiger partial charge on any atom is 0.138 e. The minimum Gasteiger partial charge on any atom is -0.271 e. The topological polar surface area (TPSA) is 68.8 Å². The molecule has 0 saturated carbocycles. The Hall–Kier alpha value is -0.940. The van der Waals surface area contributed by atoms with Gasteiger partial charge in [-0.25, -0.2) is 4.98 Å². The van der Waals surface area contributed by atoms with E-state index in [4.69, 9.17) is 5.84 Å². The lowest BCUT2D eigenvalue weighted by molar-refractivity contribution is 0.273. The van der Waals surface area contributed by atoms with Crippen molar-refractivity contribution in [3.05, 3.63) is 12.2 Å². The summed E-state index contributed by atoms with van der Waals surface area (Å²) in [5.41, 5.74) is 3.27. The van der Waals surface area contributed by atoms with Crippen molar-refractivity contribution in [2.24, 2.45) is 24.2 Å². The lowest BCUT2D eigenvalue weighted by atomic mass is 9.82. The molecule has 2 unspecified atom stereocenters. The maximum absolute atomic E-state index is 5.64. The zero-order valence-electron chi connectivity index (χ0n) is 12.3. The van der Waals surface area contributed by atoms with Gasteiger partial charge in [-0.05, 0) is 24.2 Å². The molecular weight excluding hydrogens is 226 g/mol. The highest BCUT2D eigenvalue weighted by atomic mass is 15.3. The number of aromatic nitrogens is 3. The molecule has 0 bridgehead atoms. The van der Waals surface area contributed by atoms with Crippen LogP contribution in [0.5, 0.6) is 0 Å². The Bertz CT molecular complexity index is 353. The Balaban J connectivity index is 2.50. The van der Waals surface area contributed by atoms with E-state index in [1.807, 2.05) is 7.05 Å². The van der Waals surface area contributed by atoms with E-state index in [0.29, 0.717) is 11.3 Å². The molecule has 5 heteroatoms. The van der Waals surface area contributed by atoms with E-state index in [-0.39, 0.29) is 6.04 Å². The number of nitrogens with two attached hydrogens (primary N) is 1. The van der Waals surface area contributed by atoms with Gasteiger partial charge in [0.15, 0.2) is 0 Å². The van der Waals surface area contributed by atoms with Gasteiger partial charge in [0.25, 0.3) is 0 Å². The molecule has 2 atom stereocenters. The quantitative estimate of drug-likeness (QED) is 0.597. The molecular formula is C13H27N5. The average molecular weight is 253 g/mol. The highest BCUT2D eigenvalue weighted by Gasteiger charge is 2.19. The monoisotopic (exact) mass is 253 g/mol. The number of hydrazine groups is 1. The standard InChI is InChI=1S/C13H27N5/c1-10(8-13(2,3)4)6-11(17-14)7-12-15-9-16-18(12)5/h9-11,17H,6-8,14H2,1-5H3. The van der Waals surface area contributed by atoms with Gasteiger partial charge < -0.3 is 0 Å². The van der Waals surface area contributed by atoms with Crippen molar-refractivity contribution in [1.29, 1.82) is 0 Å². The van der Waals surface area contributed by atoms with Gasteiger partial charge in [0.1, 0.15) is 12.2 Å². The SMILES string of the molecule is CC(CC(Cc1ncnn1C)NN)CC(C)(C)C. The zero-order chi connectivity index (χ0) is 13.8. The van der Waals surface area contributed by atoms with Gasteiger partial charge in [-0.2, -0.15) is 5.10 Å². The Morgan fingerprint density at radius 1 is 1.44 bits per heavy atom. The molecule has 0 aliphatic heterocycles. The molecule has 0 radical (unpaired) electrons. The fourth-order valence-electron chi connectivity index (χ4n) is 2.55. The van der Waals surface area contributed by atoms with Crippen LogP contribution in [0.15, 0.2) is 6.33 Å². The van der Waals surface area contributed by atoms with Crippen LogP contribution in [0.2, 0.25) is 0 Å². The predicted molar refractivity (Wildman–Crippen MR) is 73.7 cm³/mol. The number of hydrogen-bond donors (Lipinski definition) is 2. The summed E-state index contributed by atoms with van der Waals surface area (Å²) >= 11 is 0. The van der Waals surface area contributed by atoms with Crippen molar-refractivity contribution in [2.75, 3.05) is 0 Å². The molecule has 0 amide bonds. The van der Waals surface area contributed by atoms with Crippen LogP contribution < -0.4 is 11.3 Å². The number of nitrogens with zero attached hydrogens (tertiary/aromatic N) is 3. The number of rotatable bonds is 6. The minimum absolute atomic E-state index is 0.255. The number of nitrogens with one attached hydrogen (secondary N) is 1. The molecule has 0 aliphatic rings. The van der Waals surface area contributed by atoms with E-state index in [9.17, 15) is 0 Å². The largest absolute Gasteiger partial charge is 0.271 e. The maximum atomic E-state index is 5.64. The van der Waals surface area contributed by atoms with Crippen molar-refractivity contribution in [3.8, 4) is 0 Å². The molecule has 1 rings (SSSR count). The molecule has 0 aliphatic carbocycles. The van der Waals surface area contributed by atoms with Crippen LogP contribution >= 0.6 is 0 Å². The summed E-state index contributed by atoms with van der Waals surface area (Å²) in [6.45, 7) is 9.11. The Kier molecular flexibility index (Phi) is 5.28. The average Bonchev–Trinajstić information content (AvgIpc) is 2.60. The van der Waals surface area contributed by atoms with Gasteiger partial charge in [0.2, 0.25) is 0 Å². The smallest absolute Gasteiger partial charge is 0.138 e. The molecule has 1 aromatic heterocycles. The van der Waals surface area contributed by atoms with E-state index in [1.165, 1.54) is 6.42 Å². The molecule has 18 heavy (non-hydrogen) atoms. The summed E-state index contributed by atoms with van der Waals surface area (Å²) in [5.74, 6) is 7.26. The number of aryl methyl sites for hydroxylation is 1. The minimum atomic E-state index is 0.255. The van der Waals surface area contributed by atoms with Crippen LogP contribution in [0, 0.1) is 11.3 Å². The van der Waals surface area contributed by atoms with Crippen molar-refractivity contribution < 1.29 is 0 Å². The first-order chi connectivity index (χ1) is 8.31. The van der Waals surface area contributed by atoms with Crippen LogP contribution in [0.25, 0.3) is 0 Å². The molecule has 1 heterocycles. The normalized spacial score (nSPS) is 15.7. The molecule has 104 valence electrons.